The van der Waals surface area contributed by atoms with Gasteiger partial charge in [-0.2, -0.15) is 0 Å². The Balaban J connectivity index is 2.01. The number of quaternary nitrogens is 1. The van der Waals surface area contributed by atoms with Gasteiger partial charge in [0, 0.05) is 25.1 Å². The number of hydrogen-bond donors (Lipinski definition) is 2. The summed E-state index contributed by atoms with van der Waals surface area (Å²) < 4.78 is 13.1. The lowest BCUT2D eigenvalue weighted by molar-refractivity contribution is -0.890. The van der Waals surface area contributed by atoms with E-state index in [2.05, 4.69) is 19.1 Å². The van der Waals surface area contributed by atoms with Crippen LogP contribution < -0.4 is 15.2 Å². The minimum Gasteiger partial charge on any atom is -0.493 e. The average molecular weight is 340 g/mol. The van der Waals surface area contributed by atoms with Crippen LogP contribution in [-0.2, 0) is 6.54 Å². The molecule has 0 saturated heterocycles. The van der Waals surface area contributed by atoms with E-state index in [1.807, 2.05) is 12.1 Å². The summed E-state index contributed by atoms with van der Waals surface area (Å²) in [5.74, 6) is 1.43. The fourth-order valence-electron chi connectivity index (χ4n) is 2.40. The molecule has 128 valence electrons. The summed E-state index contributed by atoms with van der Waals surface area (Å²) in [5.41, 5.74) is 6.54. The number of methoxy groups -OCH3 is 1. The molecule has 1 heterocycles. The van der Waals surface area contributed by atoms with Gasteiger partial charge in [0.15, 0.2) is 11.5 Å². The molecule has 0 unspecified atom stereocenters. The molecule has 0 bridgehead atoms. The molecule has 2 rings (SSSR count). The van der Waals surface area contributed by atoms with Gasteiger partial charge in [0.25, 0.3) is 0 Å². The van der Waals surface area contributed by atoms with Gasteiger partial charge in [-0.3, -0.25) is 0 Å². The fraction of sp³-hybridized carbons (Fsp3) is 0.562. The van der Waals surface area contributed by atoms with Gasteiger partial charge in [-0.15, -0.1) is 11.3 Å². The molecule has 1 aromatic heterocycles. The van der Waals surface area contributed by atoms with E-state index in [0.29, 0.717) is 24.7 Å². The predicted molar refractivity (Wildman–Crippen MR) is 93.1 cm³/mol. The van der Waals surface area contributed by atoms with Crippen LogP contribution in [0.4, 0.5) is 0 Å². The maximum Gasteiger partial charge on any atom is 0.163 e. The average Bonchev–Trinajstić information content (AvgIpc) is 2.92. The number of aliphatic hydroxyl groups is 1. The van der Waals surface area contributed by atoms with Gasteiger partial charge in [-0.05, 0) is 0 Å². The molecule has 2 aromatic rings. The predicted octanol–water partition coefficient (Wildman–Crippen LogP) is 1.60. The Morgan fingerprint density at radius 3 is 2.70 bits per heavy atom. The first-order valence-electron chi connectivity index (χ1n) is 7.72. The summed E-state index contributed by atoms with van der Waals surface area (Å²) in [7, 11) is 5.85. The second kappa shape index (κ2) is 7.92. The molecule has 0 spiro atoms. The van der Waals surface area contributed by atoms with E-state index in [9.17, 15) is 0 Å². The highest BCUT2D eigenvalue weighted by atomic mass is 32.1. The largest absolute Gasteiger partial charge is 0.493 e. The molecule has 0 atom stereocenters. The number of thiazole rings is 1. The number of hydrogen-bond acceptors (Lipinski definition) is 6. The Kier molecular flexibility index (Phi) is 6.17. The second-order valence-corrected chi connectivity index (χ2v) is 7.21. The lowest BCUT2D eigenvalue weighted by Crippen LogP contribution is -2.43. The highest BCUT2D eigenvalue weighted by Gasteiger charge is 2.14. The Morgan fingerprint density at radius 1 is 1.26 bits per heavy atom. The third kappa shape index (κ3) is 4.78. The van der Waals surface area contributed by atoms with Crippen LogP contribution in [0.15, 0.2) is 12.1 Å². The first-order chi connectivity index (χ1) is 11.0. The molecule has 0 amide bonds. The molecule has 23 heavy (non-hydrogen) atoms. The van der Waals surface area contributed by atoms with Crippen molar-refractivity contribution in [3.05, 3.63) is 17.1 Å². The van der Waals surface area contributed by atoms with E-state index < -0.39 is 0 Å². The molecular formula is C16H26N3O3S+. The van der Waals surface area contributed by atoms with Crippen molar-refractivity contribution < 1.29 is 19.1 Å². The monoisotopic (exact) mass is 340 g/mol. The number of rotatable bonds is 9. The normalized spacial score (nSPS) is 11.9. The van der Waals surface area contributed by atoms with Gasteiger partial charge in [0.2, 0.25) is 0 Å². The van der Waals surface area contributed by atoms with Crippen LogP contribution in [0.1, 0.15) is 11.4 Å². The van der Waals surface area contributed by atoms with Crippen molar-refractivity contribution in [3.63, 3.8) is 0 Å². The van der Waals surface area contributed by atoms with Gasteiger partial charge in [-0.1, -0.05) is 0 Å². The number of fused-ring (bicyclic) bond motifs is 1. The first-order valence-corrected chi connectivity index (χ1v) is 8.54. The number of nitrogens with zero attached hydrogens (tertiary/aromatic N) is 2. The number of aromatic nitrogens is 1. The second-order valence-electron chi connectivity index (χ2n) is 6.09. The Morgan fingerprint density at radius 2 is 2.04 bits per heavy atom. The zero-order valence-corrected chi connectivity index (χ0v) is 14.9. The highest BCUT2D eigenvalue weighted by Crippen LogP contribution is 2.34. The van der Waals surface area contributed by atoms with E-state index in [-0.39, 0.29) is 6.61 Å². The molecule has 7 heteroatoms. The smallest absolute Gasteiger partial charge is 0.163 e. The number of benzene rings is 1. The van der Waals surface area contributed by atoms with Gasteiger partial charge in [-0.25, -0.2) is 4.98 Å². The number of ether oxygens (including phenoxy) is 2. The SMILES string of the molecule is COc1cc2sc(CN)nc2cc1OCCC[N+](C)(C)CCO. The minimum absolute atomic E-state index is 0.200. The van der Waals surface area contributed by atoms with Crippen LogP contribution >= 0.6 is 11.3 Å². The third-order valence-corrected chi connectivity index (χ3v) is 4.80. The van der Waals surface area contributed by atoms with E-state index in [1.165, 1.54) is 0 Å². The molecule has 0 fully saturated rings. The van der Waals surface area contributed by atoms with Crippen LogP contribution in [0.3, 0.4) is 0 Å². The zero-order chi connectivity index (χ0) is 16.9. The molecule has 1 aromatic carbocycles. The zero-order valence-electron chi connectivity index (χ0n) is 14.0. The Labute approximate surface area is 141 Å². The quantitative estimate of drug-likeness (QED) is 0.535. The molecule has 3 N–H and O–H groups in total. The topological polar surface area (TPSA) is 77.6 Å². The van der Waals surface area contributed by atoms with Crippen molar-refractivity contribution in [2.75, 3.05) is 47.5 Å². The Bertz CT molecular complexity index is 643. The molecule has 0 aliphatic heterocycles. The Hall–Kier alpha value is -1.41. The maximum absolute atomic E-state index is 9.05. The number of likely N-dealkylation sites (N-methyl/N-ethyl adjacent to an activating group) is 1. The lowest BCUT2D eigenvalue weighted by atomic mass is 10.3. The summed E-state index contributed by atoms with van der Waals surface area (Å²) in [6.07, 6.45) is 0.902. The van der Waals surface area contributed by atoms with Gasteiger partial charge in [0.05, 0.1) is 51.2 Å². The third-order valence-electron chi connectivity index (χ3n) is 3.76. The van der Waals surface area contributed by atoms with Crippen molar-refractivity contribution in [1.29, 1.82) is 0 Å². The fourth-order valence-corrected chi connectivity index (χ4v) is 3.26. The van der Waals surface area contributed by atoms with Gasteiger partial charge < -0.3 is 24.8 Å². The summed E-state index contributed by atoms with van der Waals surface area (Å²) >= 11 is 1.57. The van der Waals surface area contributed by atoms with Crippen LogP contribution in [0.25, 0.3) is 10.2 Å². The lowest BCUT2D eigenvalue weighted by Gasteiger charge is -2.28. The van der Waals surface area contributed by atoms with Crippen molar-refractivity contribution in [3.8, 4) is 11.5 Å². The van der Waals surface area contributed by atoms with Crippen LogP contribution in [0, 0.1) is 0 Å². The molecule has 0 aliphatic rings. The van der Waals surface area contributed by atoms with Crippen LogP contribution in [-0.4, -0.2) is 62.1 Å². The summed E-state index contributed by atoms with van der Waals surface area (Å²) in [6, 6.07) is 3.87. The number of nitrogens with two attached hydrogens (primary N) is 1. The van der Waals surface area contributed by atoms with Crippen LogP contribution in [0.2, 0.25) is 0 Å². The highest BCUT2D eigenvalue weighted by molar-refractivity contribution is 7.18. The summed E-state index contributed by atoms with van der Waals surface area (Å²) in [6.45, 7) is 2.93. The summed E-state index contributed by atoms with van der Waals surface area (Å²) in [4.78, 5) is 4.49. The molecular weight excluding hydrogens is 314 g/mol. The van der Waals surface area contributed by atoms with Crippen molar-refractivity contribution in [1.82, 2.24) is 4.98 Å². The van der Waals surface area contributed by atoms with Gasteiger partial charge in [0.1, 0.15) is 11.6 Å². The summed E-state index contributed by atoms with van der Waals surface area (Å²) in [5, 5.41) is 9.95. The van der Waals surface area contributed by atoms with Crippen LogP contribution in [0.5, 0.6) is 11.5 Å². The standard InChI is InChI=1S/C16H26N3O3S/c1-19(2,6-7-20)5-4-8-22-14-9-12-15(10-13(14)21-3)23-16(11-17)18-12/h9-10,20H,4-8,11,17H2,1-3H3/q+1. The molecule has 0 aliphatic carbocycles. The first kappa shape index (κ1) is 17.9. The van der Waals surface area contributed by atoms with E-state index >= 15 is 0 Å². The van der Waals surface area contributed by atoms with Crippen molar-refractivity contribution in [2.45, 2.75) is 13.0 Å². The maximum atomic E-state index is 9.05. The van der Waals surface area contributed by atoms with E-state index in [1.54, 1.807) is 18.4 Å². The van der Waals surface area contributed by atoms with Crippen molar-refractivity contribution in [2.24, 2.45) is 5.73 Å². The van der Waals surface area contributed by atoms with Crippen molar-refractivity contribution >= 4 is 21.6 Å². The minimum atomic E-state index is 0.200. The molecule has 0 radical (unpaired) electrons. The number of aliphatic hydroxyl groups excluding tert-OH is 1. The van der Waals surface area contributed by atoms with Gasteiger partial charge >= 0.3 is 0 Å². The molecule has 6 nitrogen and oxygen atoms in total. The van der Waals surface area contributed by atoms with E-state index in [0.717, 1.165) is 39.2 Å². The van der Waals surface area contributed by atoms with E-state index in [4.69, 9.17) is 20.3 Å². The molecule has 0 saturated carbocycles.